The molecule has 6 heteroatoms. The number of aliphatic carboxylic acids is 1. The van der Waals surface area contributed by atoms with Gasteiger partial charge in [-0.05, 0) is 67.4 Å². The average Bonchev–Trinajstić information content (AvgIpc) is 3.05. The first-order valence-electron chi connectivity index (χ1n) is 9.11. The van der Waals surface area contributed by atoms with Crippen molar-refractivity contribution < 1.29 is 9.90 Å². The summed E-state index contributed by atoms with van der Waals surface area (Å²) in [6.45, 7) is 4.55. The summed E-state index contributed by atoms with van der Waals surface area (Å²) in [5.41, 5.74) is 3.32. The van der Waals surface area contributed by atoms with Gasteiger partial charge < -0.3 is 10.0 Å². The van der Waals surface area contributed by atoms with Crippen LogP contribution in [0.25, 0.3) is 5.57 Å². The fourth-order valence-corrected chi connectivity index (χ4v) is 5.03. The van der Waals surface area contributed by atoms with E-state index in [2.05, 4.69) is 29.3 Å². The molecule has 2 aromatic rings. The minimum absolute atomic E-state index is 0.243. The van der Waals surface area contributed by atoms with Crippen LogP contribution in [0.4, 0.5) is 0 Å². The standard InChI is InChI=1S/C21H23Cl2NO2S/c1-14-8-11-27-20(14)18(17-7-6-16(22)12-19(17)23)5-3-10-24-9-2-4-15(13-24)21(25)26/h5-8,11-12,15H,2-4,9-10,13H2,1H3,(H,25,26). The summed E-state index contributed by atoms with van der Waals surface area (Å²) in [5, 5.41) is 12.6. The van der Waals surface area contributed by atoms with E-state index in [9.17, 15) is 9.90 Å². The minimum atomic E-state index is -0.682. The highest BCUT2D eigenvalue weighted by Crippen LogP contribution is 2.35. The van der Waals surface area contributed by atoms with Gasteiger partial charge in [-0.25, -0.2) is 0 Å². The Morgan fingerprint density at radius 3 is 2.85 bits per heavy atom. The van der Waals surface area contributed by atoms with Crippen molar-refractivity contribution in [1.82, 2.24) is 4.90 Å². The van der Waals surface area contributed by atoms with Crippen molar-refractivity contribution in [3.63, 3.8) is 0 Å². The Hall–Kier alpha value is -1.33. The summed E-state index contributed by atoms with van der Waals surface area (Å²) in [6.07, 6.45) is 4.79. The molecule has 1 aliphatic heterocycles. The highest BCUT2D eigenvalue weighted by atomic mass is 35.5. The average molecular weight is 424 g/mol. The van der Waals surface area contributed by atoms with Gasteiger partial charge in [-0.3, -0.25) is 4.79 Å². The monoisotopic (exact) mass is 423 g/mol. The fraction of sp³-hybridized carbons (Fsp3) is 0.381. The molecule has 3 rings (SSSR count). The first kappa shape index (κ1) is 20.4. The van der Waals surface area contributed by atoms with Crippen molar-refractivity contribution >= 4 is 46.1 Å². The molecule has 1 aliphatic rings. The van der Waals surface area contributed by atoms with E-state index in [-0.39, 0.29) is 5.92 Å². The molecule has 1 fully saturated rings. The van der Waals surface area contributed by atoms with Crippen LogP contribution < -0.4 is 0 Å². The molecule has 1 atom stereocenters. The lowest BCUT2D eigenvalue weighted by molar-refractivity contribution is -0.143. The molecule has 144 valence electrons. The number of carboxylic acids is 1. The van der Waals surface area contributed by atoms with Crippen molar-refractivity contribution in [2.45, 2.75) is 26.2 Å². The number of rotatable bonds is 6. The highest BCUT2D eigenvalue weighted by Gasteiger charge is 2.24. The molecular weight excluding hydrogens is 401 g/mol. The van der Waals surface area contributed by atoms with Gasteiger partial charge in [-0.15, -0.1) is 11.3 Å². The van der Waals surface area contributed by atoms with Gasteiger partial charge in [-0.1, -0.05) is 35.3 Å². The van der Waals surface area contributed by atoms with Gasteiger partial charge in [0.1, 0.15) is 0 Å². The molecule has 3 nitrogen and oxygen atoms in total. The van der Waals surface area contributed by atoms with Gasteiger partial charge in [0.15, 0.2) is 0 Å². The number of hydrogen-bond donors (Lipinski definition) is 1. The number of halogens is 2. The Balaban J connectivity index is 1.79. The first-order chi connectivity index (χ1) is 13.0. The Labute approximate surface area is 174 Å². The van der Waals surface area contributed by atoms with Crippen molar-refractivity contribution in [3.8, 4) is 0 Å². The summed E-state index contributed by atoms with van der Waals surface area (Å²) in [6, 6.07) is 7.72. The summed E-state index contributed by atoms with van der Waals surface area (Å²) >= 11 is 14.3. The predicted molar refractivity (Wildman–Crippen MR) is 114 cm³/mol. The molecule has 0 aliphatic carbocycles. The Morgan fingerprint density at radius 2 is 2.19 bits per heavy atom. The van der Waals surface area contributed by atoms with Gasteiger partial charge in [-0.2, -0.15) is 0 Å². The zero-order valence-electron chi connectivity index (χ0n) is 15.3. The van der Waals surface area contributed by atoms with Crippen LogP contribution in [0, 0.1) is 12.8 Å². The number of carboxylic acid groups (broad SMARTS) is 1. The zero-order chi connectivity index (χ0) is 19.4. The van der Waals surface area contributed by atoms with E-state index in [0.717, 1.165) is 43.5 Å². The molecule has 2 heterocycles. The third-order valence-electron chi connectivity index (χ3n) is 4.98. The summed E-state index contributed by atoms with van der Waals surface area (Å²) in [7, 11) is 0. The molecule has 1 aromatic heterocycles. The third-order valence-corrected chi connectivity index (χ3v) is 6.57. The van der Waals surface area contributed by atoms with E-state index in [0.29, 0.717) is 16.6 Å². The largest absolute Gasteiger partial charge is 0.481 e. The molecule has 1 unspecified atom stereocenters. The molecule has 1 aromatic carbocycles. The van der Waals surface area contributed by atoms with E-state index < -0.39 is 5.97 Å². The van der Waals surface area contributed by atoms with Crippen LogP contribution in [0.15, 0.2) is 35.7 Å². The molecule has 0 saturated carbocycles. The zero-order valence-corrected chi connectivity index (χ0v) is 17.6. The molecule has 1 N–H and O–H groups in total. The maximum Gasteiger partial charge on any atom is 0.307 e. The van der Waals surface area contributed by atoms with Gasteiger partial charge in [0, 0.05) is 33.6 Å². The second kappa shape index (κ2) is 9.24. The molecule has 0 radical (unpaired) electrons. The number of carbonyl (C=O) groups is 1. The molecule has 0 bridgehead atoms. The number of hydrogen-bond acceptors (Lipinski definition) is 3. The van der Waals surface area contributed by atoms with E-state index in [1.54, 1.807) is 17.4 Å². The molecule has 0 amide bonds. The summed E-state index contributed by atoms with van der Waals surface area (Å²) < 4.78 is 0. The lowest BCUT2D eigenvalue weighted by Gasteiger charge is -2.30. The smallest absolute Gasteiger partial charge is 0.307 e. The van der Waals surface area contributed by atoms with Crippen molar-refractivity contribution in [2.24, 2.45) is 5.92 Å². The Kier molecular flexibility index (Phi) is 6.99. The maximum absolute atomic E-state index is 11.3. The number of benzene rings is 1. The van der Waals surface area contributed by atoms with Crippen molar-refractivity contribution in [3.05, 3.63) is 61.8 Å². The summed E-state index contributed by atoms with van der Waals surface area (Å²) in [5.74, 6) is -0.925. The molecule has 0 spiro atoms. The van der Waals surface area contributed by atoms with E-state index >= 15 is 0 Å². The van der Waals surface area contributed by atoms with Gasteiger partial charge in [0.05, 0.1) is 5.92 Å². The SMILES string of the molecule is Cc1ccsc1C(=CCCN1CCCC(C(=O)O)C1)c1ccc(Cl)cc1Cl. The number of thiophene rings is 1. The lowest BCUT2D eigenvalue weighted by Crippen LogP contribution is -2.39. The van der Waals surface area contributed by atoms with Crippen LogP contribution in [0.1, 0.15) is 35.3 Å². The number of piperidine rings is 1. The van der Waals surface area contributed by atoms with Crippen LogP contribution in [0.3, 0.4) is 0 Å². The normalized spacial score (nSPS) is 18.6. The molecule has 27 heavy (non-hydrogen) atoms. The fourth-order valence-electron chi connectivity index (χ4n) is 3.53. The van der Waals surface area contributed by atoms with E-state index in [4.69, 9.17) is 23.2 Å². The van der Waals surface area contributed by atoms with Gasteiger partial charge in [0.25, 0.3) is 0 Å². The minimum Gasteiger partial charge on any atom is -0.481 e. The number of nitrogens with zero attached hydrogens (tertiary/aromatic N) is 1. The van der Waals surface area contributed by atoms with Crippen molar-refractivity contribution in [2.75, 3.05) is 19.6 Å². The lowest BCUT2D eigenvalue weighted by atomic mass is 9.97. The topological polar surface area (TPSA) is 40.5 Å². The van der Waals surface area contributed by atoms with Gasteiger partial charge in [0.2, 0.25) is 0 Å². The second-order valence-corrected chi connectivity index (χ2v) is 8.70. The molecule has 1 saturated heterocycles. The van der Waals surface area contributed by atoms with Crippen LogP contribution in [0.2, 0.25) is 10.0 Å². The Morgan fingerprint density at radius 1 is 1.37 bits per heavy atom. The van der Waals surface area contributed by atoms with E-state index in [1.807, 2.05) is 12.1 Å². The maximum atomic E-state index is 11.3. The quantitative estimate of drug-likeness (QED) is 0.620. The number of likely N-dealkylation sites (tertiary alicyclic amines) is 1. The molecular formula is C21H23Cl2NO2S. The third kappa shape index (κ3) is 5.14. The first-order valence-corrected chi connectivity index (χ1v) is 10.7. The van der Waals surface area contributed by atoms with Gasteiger partial charge >= 0.3 is 5.97 Å². The predicted octanol–water partition coefficient (Wildman–Crippen LogP) is 5.98. The van der Waals surface area contributed by atoms with E-state index in [1.165, 1.54) is 10.4 Å². The highest BCUT2D eigenvalue weighted by molar-refractivity contribution is 7.11. The van der Waals surface area contributed by atoms with Crippen LogP contribution in [0.5, 0.6) is 0 Å². The van der Waals surface area contributed by atoms with Crippen LogP contribution in [-0.2, 0) is 4.79 Å². The van der Waals surface area contributed by atoms with Crippen LogP contribution in [-0.4, -0.2) is 35.6 Å². The van der Waals surface area contributed by atoms with Crippen LogP contribution >= 0.6 is 34.5 Å². The second-order valence-electron chi connectivity index (χ2n) is 6.94. The number of aryl methyl sites for hydroxylation is 1. The summed E-state index contributed by atoms with van der Waals surface area (Å²) in [4.78, 5) is 14.7. The van der Waals surface area contributed by atoms with Crippen molar-refractivity contribution in [1.29, 1.82) is 0 Å². The Bertz CT molecular complexity index is 846.